The van der Waals surface area contributed by atoms with Gasteiger partial charge in [0.25, 0.3) is 0 Å². The van der Waals surface area contributed by atoms with Gasteiger partial charge in [0.05, 0.1) is 0 Å². The number of aryl methyl sites for hydroxylation is 1. The fraction of sp³-hybridized carbons (Fsp3) is 0.667. The van der Waals surface area contributed by atoms with Crippen molar-refractivity contribution in [2.45, 2.75) is 89.9 Å². The van der Waals surface area contributed by atoms with Crippen molar-refractivity contribution in [3.63, 3.8) is 0 Å². The zero-order valence-electron chi connectivity index (χ0n) is 16.5. The van der Waals surface area contributed by atoms with E-state index in [9.17, 15) is 4.79 Å². The van der Waals surface area contributed by atoms with Gasteiger partial charge in [-0.05, 0) is 77.8 Å². The highest BCUT2D eigenvalue weighted by Gasteiger charge is 2.32. The van der Waals surface area contributed by atoms with E-state index in [0.717, 1.165) is 25.7 Å². The highest BCUT2D eigenvalue weighted by Crippen LogP contribution is 2.36. The number of amides is 1. The molecule has 1 amide bonds. The van der Waals surface area contributed by atoms with Crippen LogP contribution in [0.15, 0.2) is 24.3 Å². The van der Waals surface area contributed by atoms with Crippen molar-refractivity contribution in [1.82, 2.24) is 10.9 Å². The third-order valence-corrected chi connectivity index (χ3v) is 5.44. The van der Waals surface area contributed by atoms with Crippen molar-refractivity contribution in [2.75, 3.05) is 4.90 Å². The van der Waals surface area contributed by atoms with E-state index in [-0.39, 0.29) is 0 Å². The van der Waals surface area contributed by atoms with Gasteiger partial charge < -0.3 is 9.64 Å². The standard InChI is InChI=1S/C21H33N3O2/c1-15-9-10-16-7-5-6-8-19(16)24(15)18-13-11-17(12-14-18)22-23-20(25)26-21(2,3)4/h5-8,15,17-18,22H,9-14H2,1-4H3,(H,23,25). The summed E-state index contributed by atoms with van der Waals surface area (Å²) in [4.78, 5) is 14.4. The molecule has 5 nitrogen and oxygen atoms in total. The molecule has 0 spiro atoms. The Kier molecular flexibility index (Phi) is 5.76. The third-order valence-electron chi connectivity index (χ3n) is 5.44. The second-order valence-corrected chi connectivity index (χ2v) is 8.70. The lowest BCUT2D eigenvalue weighted by molar-refractivity contribution is 0.0481. The summed E-state index contributed by atoms with van der Waals surface area (Å²) in [5.41, 5.74) is 8.30. The van der Waals surface area contributed by atoms with Gasteiger partial charge in [-0.15, -0.1) is 0 Å². The van der Waals surface area contributed by atoms with Gasteiger partial charge in [-0.1, -0.05) is 18.2 Å². The Morgan fingerprint density at radius 3 is 2.50 bits per heavy atom. The molecule has 1 fully saturated rings. The van der Waals surface area contributed by atoms with Gasteiger partial charge in [-0.25, -0.2) is 10.2 Å². The van der Waals surface area contributed by atoms with Gasteiger partial charge in [-0.3, -0.25) is 5.43 Å². The number of benzene rings is 1. The number of hydrogen-bond acceptors (Lipinski definition) is 4. The molecule has 1 saturated carbocycles. The number of hydrogen-bond donors (Lipinski definition) is 2. The maximum atomic E-state index is 11.8. The first-order valence-corrected chi connectivity index (χ1v) is 9.94. The minimum absolute atomic E-state index is 0.314. The Morgan fingerprint density at radius 2 is 1.81 bits per heavy atom. The summed E-state index contributed by atoms with van der Waals surface area (Å²) in [6.07, 6.45) is 6.43. The summed E-state index contributed by atoms with van der Waals surface area (Å²) in [6.45, 7) is 7.96. The molecule has 1 aliphatic carbocycles. The molecule has 1 aliphatic heterocycles. The highest BCUT2D eigenvalue weighted by atomic mass is 16.6. The summed E-state index contributed by atoms with van der Waals surface area (Å²) in [7, 11) is 0. The SMILES string of the molecule is CC1CCc2ccccc2N1C1CCC(NNC(=O)OC(C)(C)C)CC1. The summed E-state index contributed by atoms with van der Waals surface area (Å²) in [5, 5.41) is 0. The monoisotopic (exact) mass is 359 g/mol. The molecule has 2 aliphatic rings. The fourth-order valence-corrected chi connectivity index (χ4v) is 4.23. The predicted octanol–water partition coefficient (Wildman–Crippen LogP) is 4.17. The Hall–Kier alpha value is -1.75. The molecule has 1 aromatic rings. The van der Waals surface area contributed by atoms with Crippen molar-refractivity contribution in [3.8, 4) is 0 Å². The summed E-state index contributed by atoms with van der Waals surface area (Å²) < 4.78 is 5.28. The number of carbonyl (C=O) groups is 1. The van der Waals surface area contributed by atoms with Gasteiger partial charge in [0.1, 0.15) is 5.60 Å². The fourth-order valence-electron chi connectivity index (χ4n) is 4.23. The normalized spacial score (nSPS) is 26.2. The van der Waals surface area contributed by atoms with Crippen LogP contribution in [0, 0.1) is 0 Å². The van der Waals surface area contributed by atoms with E-state index in [4.69, 9.17) is 4.74 Å². The van der Waals surface area contributed by atoms with Crippen molar-refractivity contribution in [1.29, 1.82) is 0 Å². The smallest absolute Gasteiger partial charge is 0.422 e. The van der Waals surface area contributed by atoms with Gasteiger partial charge in [0, 0.05) is 23.8 Å². The number of nitrogens with one attached hydrogen (secondary N) is 2. The van der Waals surface area contributed by atoms with Crippen molar-refractivity contribution in [3.05, 3.63) is 29.8 Å². The summed E-state index contributed by atoms with van der Waals surface area (Å²) in [5.74, 6) is 0. The molecule has 1 unspecified atom stereocenters. The number of ether oxygens (including phenoxy) is 1. The topological polar surface area (TPSA) is 53.6 Å². The molecule has 0 saturated heterocycles. The number of carbonyl (C=O) groups excluding carboxylic acids is 1. The number of anilines is 1. The second-order valence-electron chi connectivity index (χ2n) is 8.70. The third kappa shape index (κ3) is 4.70. The van der Waals surface area contributed by atoms with Gasteiger partial charge >= 0.3 is 6.09 Å². The van der Waals surface area contributed by atoms with Crippen LogP contribution in [0.1, 0.15) is 65.4 Å². The van der Waals surface area contributed by atoms with Gasteiger partial charge in [0.2, 0.25) is 0 Å². The van der Waals surface area contributed by atoms with Crippen LogP contribution in [0.3, 0.4) is 0 Å². The molecule has 0 bridgehead atoms. The molecule has 0 aromatic heterocycles. The highest BCUT2D eigenvalue weighted by molar-refractivity contribution is 5.67. The molecule has 5 heteroatoms. The summed E-state index contributed by atoms with van der Waals surface area (Å²) in [6, 6.07) is 10.4. The van der Waals surface area contributed by atoms with E-state index in [1.165, 1.54) is 24.1 Å². The lowest BCUT2D eigenvalue weighted by Crippen LogP contribution is -2.51. The molecule has 2 N–H and O–H groups in total. The minimum atomic E-state index is -0.471. The van der Waals surface area contributed by atoms with E-state index in [2.05, 4.69) is 46.9 Å². The van der Waals surface area contributed by atoms with Crippen LogP contribution < -0.4 is 15.8 Å². The van der Waals surface area contributed by atoms with Crippen LogP contribution in [0.2, 0.25) is 0 Å². The van der Waals surface area contributed by atoms with Crippen LogP contribution in [-0.4, -0.2) is 29.8 Å². The minimum Gasteiger partial charge on any atom is -0.443 e. The van der Waals surface area contributed by atoms with Crippen LogP contribution in [-0.2, 0) is 11.2 Å². The first kappa shape index (κ1) is 19.0. The number of nitrogens with zero attached hydrogens (tertiary/aromatic N) is 1. The Morgan fingerprint density at radius 1 is 1.12 bits per heavy atom. The first-order valence-electron chi connectivity index (χ1n) is 9.94. The van der Waals surface area contributed by atoms with E-state index in [1.54, 1.807) is 0 Å². The molecule has 1 atom stereocenters. The molecule has 1 aromatic carbocycles. The van der Waals surface area contributed by atoms with Crippen LogP contribution in [0.4, 0.5) is 10.5 Å². The zero-order valence-corrected chi connectivity index (χ0v) is 16.5. The first-order chi connectivity index (χ1) is 12.3. The Balaban J connectivity index is 1.52. The average Bonchev–Trinajstić information content (AvgIpc) is 2.59. The van der Waals surface area contributed by atoms with Gasteiger partial charge in [0.15, 0.2) is 0 Å². The van der Waals surface area contributed by atoms with Crippen molar-refractivity contribution >= 4 is 11.8 Å². The van der Waals surface area contributed by atoms with Gasteiger partial charge in [-0.2, -0.15) is 0 Å². The maximum Gasteiger partial charge on any atom is 0.422 e. The number of rotatable bonds is 3. The largest absolute Gasteiger partial charge is 0.443 e. The lowest BCUT2D eigenvalue weighted by atomic mass is 9.86. The number of para-hydroxylation sites is 1. The molecule has 144 valence electrons. The quantitative estimate of drug-likeness (QED) is 0.796. The van der Waals surface area contributed by atoms with Crippen molar-refractivity contribution < 1.29 is 9.53 Å². The molecule has 26 heavy (non-hydrogen) atoms. The maximum absolute atomic E-state index is 11.8. The molecule has 0 radical (unpaired) electrons. The number of fused-ring (bicyclic) bond motifs is 1. The van der Waals surface area contributed by atoms with Crippen molar-refractivity contribution in [2.24, 2.45) is 0 Å². The summed E-state index contributed by atoms with van der Waals surface area (Å²) >= 11 is 0. The van der Waals surface area contributed by atoms with Crippen LogP contribution in [0.5, 0.6) is 0 Å². The number of hydrazine groups is 1. The second kappa shape index (κ2) is 7.87. The van der Waals surface area contributed by atoms with E-state index in [0.29, 0.717) is 18.1 Å². The van der Waals surface area contributed by atoms with Crippen LogP contribution in [0.25, 0.3) is 0 Å². The van der Waals surface area contributed by atoms with E-state index < -0.39 is 11.7 Å². The molecular weight excluding hydrogens is 326 g/mol. The Labute approximate surface area is 157 Å². The molecular formula is C21H33N3O2. The Bertz CT molecular complexity index is 618. The lowest BCUT2D eigenvalue weighted by Gasteiger charge is -2.45. The average molecular weight is 360 g/mol. The zero-order chi connectivity index (χ0) is 18.7. The van der Waals surface area contributed by atoms with Crippen LogP contribution >= 0.6 is 0 Å². The van der Waals surface area contributed by atoms with E-state index in [1.807, 2.05) is 20.8 Å². The molecule has 1 heterocycles. The molecule has 3 rings (SSSR count). The van der Waals surface area contributed by atoms with E-state index >= 15 is 0 Å². The predicted molar refractivity (Wildman–Crippen MR) is 105 cm³/mol.